The van der Waals surface area contributed by atoms with Gasteiger partial charge < -0.3 is 9.67 Å². The molecule has 102 valence electrons. The number of aliphatic hydroxyl groups is 1. The minimum atomic E-state index is -0.204. The molecule has 18 heavy (non-hydrogen) atoms. The van der Waals surface area contributed by atoms with Gasteiger partial charge in [0.2, 0.25) is 0 Å². The van der Waals surface area contributed by atoms with Crippen molar-refractivity contribution in [1.29, 1.82) is 0 Å². The Hall–Kier alpha value is -0.830. The van der Waals surface area contributed by atoms with E-state index in [9.17, 15) is 5.11 Å². The Morgan fingerprint density at radius 2 is 2.22 bits per heavy atom. The summed E-state index contributed by atoms with van der Waals surface area (Å²) in [4.78, 5) is 4.45. The maximum atomic E-state index is 10.3. The molecule has 0 spiro atoms. The molecule has 0 saturated heterocycles. The van der Waals surface area contributed by atoms with Crippen LogP contribution in [0.2, 0.25) is 0 Å². The first kappa shape index (κ1) is 13.6. The minimum absolute atomic E-state index is 0.204. The van der Waals surface area contributed by atoms with E-state index in [1.54, 1.807) is 0 Å². The highest BCUT2D eigenvalue weighted by molar-refractivity contribution is 5.02. The monoisotopic (exact) mass is 250 g/mol. The molecule has 1 saturated carbocycles. The molecule has 1 aliphatic carbocycles. The summed E-state index contributed by atoms with van der Waals surface area (Å²) in [5, 5.41) is 10.3. The smallest absolute Gasteiger partial charge is 0.111 e. The van der Waals surface area contributed by atoms with Crippen LogP contribution in [0.25, 0.3) is 0 Å². The lowest BCUT2D eigenvalue weighted by molar-refractivity contribution is 0.0505. The Morgan fingerprint density at radius 3 is 2.89 bits per heavy atom. The van der Waals surface area contributed by atoms with Gasteiger partial charge in [0.1, 0.15) is 5.82 Å². The second-order valence-corrected chi connectivity index (χ2v) is 5.95. The molecule has 0 bridgehead atoms. The van der Waals surface area contributed by atoms with Gasteiger partial charge in [0.15, 0.2) is 0 Å². The topological polar surface area (TPSA) is 38.0 Å². The highest BCUT2D eigenvalue weighted by Crippen LogP contribution is 2.36. The van der Waals surface area contributed by atoms with Crippen molar-refractivity contribution in [1.82, 2.24) is 9.55 Å². The van der Waals surface area contributed by atoms with Crippen molar-refractivity contribution in [2.75, 3.05) is 0 Å². The summed E-state index contributed by atoms with van der Waals surface area (Å²) in [6.45, 7) is 6.58. The van der Waals surface area contributed by atoms with E-state index in [1.165, 1.54) is 19.3 Å². The van der Waals surface area contributed by atoms with Crippen molar-refractivity contribution in [2.24, 2.45) is 5.92 Å². The number of aliphatic hydroxyl groups excluding tert-OH is 1. The molecule has 1 aromatic rings. The third-order valence-corrected chi connectivity index (χ3v) is 4.16. The van der Waals surface area contributed by atoms with Crippen LogP contribution in [0, 0.1) is 5.92 Å². The standard InChI is InChI=1S/C15H26N2O/c1-4-5-12-6-7-14(18)13(10-12)17-9-8-16-15(17)11(2)3/h8-9,11-14,18H,4-7,10H2,1-3H3. The molecule has 3 atom stereocenters. The van der Waals surface area contributed by atoms with Gasteiger partial charge in [-0.15, -0.1) is 0 Å². The third kappa shape index (κ3) is 2.77. The Bertz CT molecular complexity index is 372. The lowest BCUT2D eigenvalue weighted by atomic mass is 9.81. The van der Waals surface area contributed by atoms with Crippen LogP contribution in [-0.2, 0) is 0 Å². The summed E-state index contributed by atoms with van der Waals surface area (Å²) in [5.74, 6) is 2.29. The first-order valence-electron chi connectivity index (χ1n) is 7.34. The summed E-state index contributed by atoms with van der Waals surface area (Å²) in [6, 6.07) is 0.232. The zero-order valence-electron chi connectivity index (χ0n) is 11.8. The van der Waals surface area contributed by atoms with Crippen molar-refractivity contribution in [3.8, 4) is 0 Å². The van der Waals surface area contributed by atoms with Crippen LogP contribution < -0.4 is 0 Å². The van der Waals surface area contributed by atoms with Gasteiger partial charge in [-0.2, -0.15) is 0 Å². The Morgan fingerprint density at radius 1 is 1.44 bits per heavy atom. The van der Waals surface area contributed by atoms with Crippen LogP contribution in [0.1, 0.15) is 70.7 Å². The van der Waals surface area contributed by atoms with E-state index in [0.717, 1.165) is 24.6 Å². The Labute approximate surface area is 110 Å². The van der Waals surface area contributed by atoms with E-state index in [1.807, 2.05) is 12.4 Å². The summed E-state index contributed by atoms with van der Waals surface area (Å²) < 4.78 is 2.22. The molecule has 3 heteroatoms. The van der Waals surface area contributed by atoms with Crippen LogP contribution in [0.15, 0.2) is 12.4 Å². The lowest BCUT2D eigenvalue weighted by Crippen LogP contribution is -2.32. The SMILES string of the molecule is CCCC1CCC(O)C(n2ccnc2C(C)C)C1. The first-order chi connectivity index (χ1) is 8.63. The van der Waals surface area contributed by atoms with Crippen molar-refractivity contribution in [3.63, 3.8) is 0 Å². The predicted octanol–water partition coefficient (Wildman–Crippen LogP) is 3.51. The summed E-state index contributed by atoms with van der Waals surface area (Å²) in [6.07, 6.45) is 9.45. The number of hydrogen-bond acceptors (Lipinski definition) is 2. The fourth-order valence-corrected chi connectivity index (χ4v) is 3.24. The van der Waals surface area contributed by atoms with Crippen LogP contribution in [0.3, 0.4) is 0 Å². The van der Waals surface area contributed by atoms with E-state index < -0.39 is 0 Å². The zero-order chi connectivity index (χ0) is 13.1. The van der Waals surface area contributed by atoms with Gasteiger partial charge >= 0.3 is 0 Å². The Balaban J connectivity index is 2.16. The van der Waals surface area contributed by atoms with Gasteiger partial charge in [-0.1, -0.05) is 33.6 Å². The van der Waals surface area contributed by atoms with Gasteiger partial charge in [0.05, 0.1) is 12.1 Å². The number of hydrogen-bond donors (Lipinski definition) is 1. The molecule has 1 aromatic heterocycles. The van der Waals surface area contributed by atoms with Crippen LogP contribution in [0.5, 0.6) is 0 Å². The van der Waals surface area contributed by atoms with Crippen LogP contribution in [-0.4, -0.2) is 20.8 Å². The molecule has 0 radical (unpaired) electrons. The van der Waals surface area contributed by atoms with Crippen LogP contribution >= 0.6 is 0 Å². The molecule has 2 rings (SSSR count). The average Bonchev–Trinajstić information content (AvgIpc) is 2.81. The highest BCUT2D eigenvalue weighted by Gasteiger charge is 2.31. The maximum absolute atomic E-state index is 10.3. The molecule has 0 aliphatic heterocycles. The van der Waals surface area contributed by atoms with Crippen molar-refractivity contribution in [3.05, 3.63) is 18.2 Å². The normalized spacial score (nSPS) is 28.8. The van der Waals surface area contributed by atoms with E-state index >= 15 is 0 Å². The lowest BCUT2D eigenvalue weighted by Gasteiger charge is -2.35. The van der Waals surface area contributed by atoms with E-state index in [2.05, 4.69) is 30.3 Å². The molecule has 3 nitrogen and oxygen atoms in total. The summed E-state index contributed by atoms with van der Waals surface area (Å²) >= 11 is 0. The minimum Gasteiger partial charge on any atom is -0.391 e. The van der Waals surface area contributed by atoms with E-state index in [0.29, 0.717) is 5.92 Å². The van der Waals surface area contributed by atoms with Crippen molar-refractivity contribution < 1.29 is 5.11 Å². The number of imidazole rings is 1. The predicted molar refractivity (Wildman–Crippen MR) is 73.6 cm³/mol. The zero-order valence-corrected chi connectivity index (χ0v) is 11.8. The van der Waals surface area contributed by atoms with Crippen molar-refractivity contribution >= 4 is 0 Å². The van der Waals surface area contributed by atoms with Gasteiger partial charge in [-0.25, -0.2) is 4.98 Å². The molecule has 1 heterocycles. The first-order valence-corrected chi connectivity index (χ1v) is 7.34. The summed E-state index contributed by atoms with van der Waals surface area (Å²) in [7, 11) is 0. The second kappa shape index (κ2) is 5.87. The molecule has 1 fully saturated rings. The maximum Gasteiger partial charge on any atom is 0.111 e. The molecular formula is C15H26N2O. The molecule has 0 aromatic carbocycles. The quantitative estimate of drug-likeness (QED) is 0.888. The van der Waals surface area contributed by atoms with E-state index in [4.69, 9.17) is 0 Å². The van der Waals surface area contributed by atoms with Gasteiger partial charge in [0, 0.05) is 18.3 Å². The largest absolute Gasteiger partial charge is 0.391 e. The fourth-order valence-electron chi connectivity index (χ4n) is 3.24. The fraction of sp³-hybridized carbons (Fsp3) is 0.800. The van der Waals surface area contributed by atoms with Gasteiger partial charge in [0.25, 0.3) is 0 Å². The Kier molecular flexibility index (Phi) is 4.44. The highest BCUT2D eigenvalue weighted by atomic mass is 16.3. The van der Waals surface area contributed by atoms with Gasteiger partial charge in [-0.3, -0.25) is 0 Å². The average molecular weight is 250 g/mol. The molecule has 3 unspecified atom stereocenters. The molecule has 1 aliphatic rings. The molecule has 0 amide bonds. The number of nitrogens with zero attached hydrogens (tertiary/aromatic N) is 2. The van der Waals surface area contributed by atoms with Gasteiger partial charge in [-0.05, 0) is 25.2 Å². The number of aromatic nitrogens is 2. The molecule has 1 N–H and O–H groups in total. The van der Waals surface area contributed by atoms with E-state index in [-0.39, 0.29) is 12.1 Å². The van der Waals surface area contributed by atoms with Crippen molar-refractivity contribution in [2.45, 2.75) is 70.9 Å². The molecular weight excluding hydrogens is 224 g/mol. The summed E-state index contributed by atoms with van der Waals surface area (Å²) in [5.41, 5.74) is 0. The van der Waals surface area contributed by atoms with Crippen LogP contribution in [0.4, 0.5) is 0 Å². The third-order valence-electron chi connectivity index (χ3n) is 4.16. The number of rotatable bonds is 4. The second-order valence-electron chi connectivity index (χ2n) is 5.95.